The van der Waals surface area contributed by atoms with Gasteiger partial charge in [0.1, 0.15) is 17.2 Å². The Morgan fingerprint density at radius 1 is 1.27 bits per heavy atom. The molecule has 9 heteroatoms. The van der Waals surface area contributed by atoms with Gasteiger partial charge in [-0.3, -0.25) is 4.79 Å². The molecule has 3 heterocycles. The van der Waals surface area contributed by atoms with Gasteiger partial charge in [-0.2, -0.15) is 0 Å². The topological polar surface area (TPSA) is 127 Å². The van der Waals surface area contributed by atoms with Crippen molar-refractivity contribution < 1.29 is 14.3 Å². The molecule has 158 valence electrons. The van der Waals surface area contributed by atoms with E-state index in [0.29, 0.717) is 30.2 Å². The minimum Gasteiger partial charge on any atom is -0.384 e. The van der Waals surface area contributed by atoms with Gasteiger partial charge in [0, 0.05) is 31.0 Å². The molecule has 1 aromatic carbocycles. The Morgan fingerprint density at radius 2 is 2.03 bits per heavy atom. The van der Waals surface area contributed by atoms with Crippen molar-refractivity contribution in [2.75, 3.05) is 38.5 Å². The van der Waals surface area contributed by atoms with Gasteiger partial charge in [0.25, 0.3) is 5.91 Å². The maximum absolute atomic E-state index is 12.7. The smallest absolute Gasteiger partial charge is 0.251 e. The Morgan fingerprint density at radius 3 is 2.77 bits per heavy atom. The Kier molecular flexibility index (Phi) is 5.56. The number of rotatable bonds is 7. The number of methoxy groups -OCH3 is 2. The molecule has 0 radical (unpaired) electrons. The van der Waals surface area contributed by atoms with E-state index < -0.39 is 0 Å². The first kappa shape index (κ1) is 20.1. The maximum atomic E-state index is 12.7. The van der Waals surface area contributed by atoms with Gasteiger partial charge in [-0.25, -0.2) is 9.97 Å². The molecule has 0 saturated heterocycles. The highest BCUT2D eigenvalue weighted by Crippen LogP contribution is 2.37. The van der Waals surface area contributed by atoms with E-state index in [1.807, 2.05) is 31.2 Å². The maximum Gasteiger partial charge on any atom is 0.251 e. The number of hydrogen-bond acceptors (Lipinski definition) is 7. The number of anilines is 2. The number of nitrogens with one attached hydrogen (secondary N) is 3. The number of carbonyl (C=O) groups is 1. The van der Waals surface area contributed by atoms with Crippen molar-refractivity contribution in [2.24, 2.45) is 0 Å². The van der Waals surface area contributed by atoms with E-state index in [2.05, 4.69) is 25.6 Å². The number of fused-ring (bicyclic) bond motifs is 2. The number of benzene rings is 1. The summed E-state index contributed by atoms with van der Waals surface area (Å²) in [6.45, 7) is 2.66. The lowest BCUT2D eigenvalue weighted by molar-refractivity contribution is 0.0779. The zero-order valence-corrected chi connectivity index (χ0v) is 17.3. The number of nitrogen functional groups attached to an aromatic ring is 1. The van der Waals surface area contributed by atoms with Crippen LogP contribution in [0, 0.1) is 6.92 Å². The molecule has 1 aliphatic rings. The zero-order valence-electron chi connectivity index (χ0n) is 17.3. The van der Waals surface area contributed by atoms with E-state index in [0.717, 1.165) is 34.6 Å². The summed E-state index contributed by atoms with van der Waals surface area (Å²) in [6.07, 6.45) is 0.723. The fraction of sp³-hybridized carbons (Fsp3) is 0.381. The number of ether oxygens (including phenoxy) is 2. The molecule has 5 N–H and O–H groups in total. The molecule has 1 unspecified atom stereocenters. The fourth-order valence-electron chi connectivity index (χ4n) is 3.91. The first-order valence-corrected chi connectivity index (χ1v) is 9.79. The summed E-state index contributed by atoms with van der Waals surface area (Å²) in [4.78, 5) is 24.7. The second-order valence-electron chi connectivity index (χ2n) is 7.51. The third kappa shape index (κ3) is 3.94. The van der Waals surface area contributed by atoms with Gasteiger partial charge in [-0.1, -0.05) is 0 Å². The Balaban J connectivity index is 1.55. The van der Waals surface area contributed by atoms with Gasteiger partial charge in [0.2, 0.25) is 0 Å². The number of pyridine rings is 1. The third-order valence-electron chi connectivity index (χ3n) is 5.19. The number of aromatic amines is 1. The number of aryl methyl sites for hydroxylation is 1. The molecule has 1 aliphatic heterocycles. The highest BCUT2D eigenvalue weighted by Gasteiger charge is 2.26. The zero-order chi connectivity index (χ0) is 21.3. The third-order valence-corrected chi connectivity index (χ3v) is 5.19. The van der Waals surface area contributed by atoms with E-state index in [1.54, 1.807) is 14.2 Å². The minimum absolute atomic E-state index is 0.00328. The molecule has 0 fully saturated rings. The number of H-pyrrole nitrogens is 1. The molecule has 0 aliphatic carbocycles. The van der Waals surface area contributed by atoms with Crippen molar-refractivity contribution in [3.05, 3.63) is 46.8 Å². The van der Waals surface area contributed by atoms with Crippen LogP contribution in [0.1, 0.15) is 33.4 Å². The Hall–Kier alpha value is -3.17. The molecule has 0 bridgehead atoms. The minimum atomic E-state index is -0.206. The van der Waals surface area contributed by atoms with Gasteiger partial charge in [0.15, 0.2) is 5.65 Å². The normalized spacial score (nSPS) is 15.4. The predicted molar refractivity (Wildman–Crippen MR) is 115 cm³/mol. The van der Waals surface area contributed by atoms with Crippen molar-refractivity contribution in [1.82, 2.24) is 20.3 Å². The Bertz CT molecular complexity index is 1070. The summed E-state index contributed by atoms with van der Waals surface area (Å²) >= 11 is 0. The highest BCUT2D eigenvalue weighted by atomic mass is 16.5. The predicted octanol–water partition coefficient (Wildman–Crippen LogP) is 1.95. The lowest BCUT2D eigenvalue weighted by atomic mass is 10.0. The van der Waals surface area contributed by atoms with Gasteiger partial charge >= 0.3 is 0 Å². The van der Waals surface area contributed by atoms with Crippen LogP contribution < -0.4 is 16.4 Å². The van der Waals surface area contributed by atoms with Gasteiger partial charge < -0.3 is 30.8 Å². The highest BCUT2D eigenvalue weighted by molar-refractivity contribution is 5.95. The summed E-state index contributed by atoms with van der Waals surface area (Å²) < 4.78 is 10.3. The lowest BCUT2D eigenvalue weighted by Crippen LogP contribution is -2.41. The molecule has 4 rings (SSSR count). The number of hydrogen-bond donors (Lipinski definition) is 4. The molecule has 0 saturated carbocycles. The quantitative estimate of drug-likeness (QED) is 0.469. The van der Waals surface area contributed by atoms with Crippen LogP contribution in [0.5, 0.6) is 0 Å². The number of aromatic nitrogens is 3. The van der Waals surface area contributed by atoms with Crippen LogP contribution in [0.25, 0.3) is 11.2 Å². The summed E-state index contributed by atoms with van der Waals surface area (Å²) in [6, 6.07) is 7.33. The van der Waals surface area contributed by atoms with Crippen molar-refractivity contribution in [3.8, 4) is 0 Å². The van der Waals surface area contributed by atoms with Crippen LogP contribution in [0.3, 0.4) is 0 Å². The van der Waals surface area contributed by atoms with E-state index >= 15 is 0 Å². The molecule has 0 spiro atoms. The average molecular weight is 410 g/mol. The molecule has 9 nitrogen and oxygen atoms in total. The van der Waals surface area contributed by atoms with Crippen LogP contribution in [0.2, 0.25) is 0 Å². The monoisotopic (exact) mass is 410 g/mol. The van der Waals surface area contributed by atoms with E-state index in [1.165, 1.54) is 0 Å². The summed E-state index contributed by atoms with van der Waals surface area (Å²) in [5.74, 6) is 1.08. The first-order chi connectivity index (χ1) is 14.5. The van der Waals surface area contributed by atoms with Crippen molar-refractivity contribution >= 4 is 28.6 Å². The van der Waals surface area contributed by atoms with Gasteiger partial charge in [-0.15, -0.1) is 0 Å². The molecule has 3 aromatic rings. The molecule has 1 amide bonds. The van der Waals surface area contributed by atoms with E-state index in [-0.39, 0.29) is 18.0 Å². The lowest BCUT2D eigenvalue weighted by Gasteiger charge is -2.17. The van der Waals surface area contributed by atoms with Crippen LogP contribution >= 0.6 is 0 Å². The van der Waals surface area contributed by atoms with Gasteiger partial charge in [-0.05, 0) is 43.2 Å². The van der Waals surface area contributed by atoms with Crippen LogP contribution in [0.15, 0.2) is 24.3 Å². The van der Waals surface area contributed by atoms with Crippen molar-refractivity contribution in [2.45, 2.75) is 25.4 Å². The van der Waals surface area contributed by atoms with Crippen molar-refractivity contribution in [3.63, 3.8) is 0 Å². The van der Waals surface area contributed by atoms with Crippen LogP contribution in [0.4, 0.5) is 11.5 Å². The van der Waals surface area contributed by atoms with E-state index in [9.17, 15) is 4.79 Å². The number of nitrogens with zero attached hydrogens (tertiary/aromatic N) is 2. The average Bonchev–Trinajstić information content (AvgIpc) is 3.29. The van der Waals surface area contributed by atoms with Gasteiger partial charge in [0.05, 0.1) is 25.3 Å². The summed E-state index contributed by atoms with van der Waals surface area (Å²) in [5.41, 5.74) is 11.2. The summed E-state index contributed by atoms with van der Waals surface area (Å²) in [5, 5.41) is 6.47. The molecule has 2 aromatic heterocycles. The first-order valence-electron chi connectivity index (χ1n) is 9.79. The van der Waals surface area contributed by atoms with Crippen molar-refractivity contribution in [1.29, 1.82) is 0 Å². The number of imidazole rings is 1. The van der Waals surface area contributed by atoms with Crippen LogP contribution in [-0.4, -0.2) is 54.3 Å². The number of carbonyl (C=O) groups excluding carboxylic acids is 1. The fourth-order valence-corrected chi connectivity index (χ4v) is 3.91. The molecule has 1 atom stereocenters. The SMILES string of the molecule is COCC(COC)NC(=O)c1ccc2c(c1)CC(c1cc(N)nc3[nH]c(C)nc13)N2. The molecule has 30 heavy (non-hydrogen) atoms. The largest absolute Gasteiger partial charge is 0.384 e. The second-order valence-corrected chi connectivity index (χ2v) is 7.51. The van der Waals surface area contributed by atoms with Crippen LogP contribution in [-0.2, 0) is 15.9 Å². The Labute approximate surface area is 174 Å². The second kappa shape index (κ2) is 8.29. The molecular formula is C21H26N6O3. The summed E-state index contributed by atoms with van der Waals surface area (Å²) in [7, 11) is 3.19. The molecular weight excluding hydrogens is 384 g/mol. The van der Waals surface area contributed by atoms with E-state index in [4.69, 9.17) is 15.2 Å². The number of amides is 1. The number of nitrogens with two attached hydrogens (primary N) is 1. The standard InChI is InChI=1S/C21H26N6O3/c1-11-23-19-15(8-18(22)27-20(19)24-11)17-7-13-6-12(4-5-16(13)26-17)21(28)25-14(9-29-2)10-30-3/h4-6,8,14,17,26H,7,9-10H2,1-3H3,(H,25,28)(H3,22,23,24,27).